The topological polar surface area (TPSA) is 43.8 Å². The zero-order chi connectivity index (χ0) is 12.4. The number of nitrogens with zero attached hydrogens (tertiary/aromatic N) is 2. The van der Waals surface area contributed by atoms with Crippen molar-refractivity contribution in [2.45, 2.75) is 25.8 Å². The fourth-order valence-corrected chi connectivity index (χ4v) is 3.49. The molecule has 0 amide bonds. The molecule has 1 unspecified atom stereocenters. The van der Waals surface area contributed by atoms with Crippen LogP contribution in [0.4, 0.5) is 0 Å². The van der Waals surface area contributed by atoms with Gasteiger partial charge in [0.1, 0.15) is 0 Å². The van der Waals surface area contributed by atoms with E-state index >= 15 is 0 Å². The first-order valence-electron chi connectivity index (χ1n) is 5.61. The minimum absolute atomic E-state index is 0.0219. The Morgan fingerprint density at radius 3 is 2.94 bits per heavy atom. The molecule has 92 valence electrons. The van der Waals surface area contributed by atoms with Gasteiger partial charge in [0, 0.05) is 40.6 Å². The van der Waals surface area contributed by atoms with Crippen LogP contribution in [0.1, 0.15) is 29.1 Å². The summed E-state index contributed by atoms with van der Waals surface area (Å²) in [6.45, 7) is 2.11. The summed E-state index contributed by atoms with van der Waals surface area (Å²) in [6.07, 6.45) is 3.82. The zero-order valence-corrected chi connectivity index (χ0v) is 12.4. The van der Waals surface area contributed by atoms with E-state index < -0.39 is 0 Å². The molecule has 2 aromatic rings. The Hall–Kier alpha value is -0.650. The number of rotatable bonds is 4. The van der Waals surface area contributed by atoms with Crippen LogP contribution >= 0.6 is 27.3 Å². The molecule has 0 radical (unpaired) electrons. The highest BCUT2D eigenvalue weighted by Crippen LogP contribution is 2.28. The molecule has 0 saturated heterocycles. The van der Waals surface area contributed by atoms with E-state index in [-0.39, 0.29) is 6.04 Å². The molecule has 0 saturated carbocycles. The minimum Gasteiger partial charge on any atom is -0.324 e. The number of halogens is 1. The van der Waals surface area contributed by atoms with Crippen LogP contribution in [-0.2, 0) is 19.9 Å². The van der Waals surface area contributed by atoms with Crippen molar-refractivity contribution in [3.8, 4) is 0 Å². The van der Waals surface area contributed by atoms with Gasteiger partial charge in [0.15, 0.2) is 0 Å². The average molecular weight is 314 g/mol. The molecule has 0 spiro atoms. The van der Waals surface area contributed by atoms with Gasteiger partial charge in [0.2, 0.25) is 0 Å². The van der Waals surface area contributed by atoms with Crippen molar-refractivity contribution in [3.05, 3.63) is 38.3 Å². The van der Waals surface area contributed by atoms with E-state index in [1.165, 1.54) is 4.88 Å². The van der Waals surface area contributed by atoms with Gasteiger partial charge < -0.3 is 5.73 Å². The van der Waals surface area contributed by atoms with Crippen molar-refractivity contribution in [1.82, 2.24) is 9.78 Å². The maximum Gasteiger partial charge on any atom is 0.0669 e. The van der Waals surface area contributed by atoms with Crippen molar-refractivity contribution >= 4 is 27.3 Å². The summed E-state index contributed by atoms with van der Waals surface area (Å²) in [5, 5.41) is 6.51. The van der Waals surface area contributed by atoms with Crippen molar-refractivity contribution < 1.29 is 0 Å². The van der Waals surface area contributed by atoms with E-state index in [0.717, 1.165) is 28.6 Å². The Bertz CT molecular complexity index is 504. The fourth-order valence-electron chi connectivity index (χ4n) is 1.92. The summed E-state index contributed by atoms with van der Waals surface area (Å²) in [5.74, 6) is 0. The molecule has 0 fully saturated rings. The van der Waals surface area contributed by atoms with Gasteiger partial charge in [-0.25, -0.2) is 0 Å². The van der Waals surface area contributed by atoms with Gasteiger partial charge in [-0.2, -0.15) is 5.10 Å². The summed E-state index contributed by atoms with van der Waals surface area (Å²) in [7, 11) is 1.94. The summed E-state index contributed by atoms with van der Waals surface area (Å²) in [6, 6.07) is 2.09. The van der Waals surface area contributed by atoms with E-state index in [1.807, 2.05) is 17.9 Å². The number of nitrogens with two attached hydrogens (primary N) is 1. The molecule has 0 aromatic carbocycles. The van der Waals surface area contributed by atoms with E-state index in [2.05, 4.69) is 39.4 Å². The molecule has 0 aliphatic heterocycles. The Labute approximate surface area is 114 Å². The molecule has 1 atom stereocenters. The molecule has 3 nitrogen and oxygen atoms in total. The average Bonchev–Trinajstić information content (AvgIpc) is 2.85. The first-order valence-corrected chi connectivity index (χ1v) is 7.29. The van der Waals surface area contributed by atoms with Gasteiger partial charge in [-0.3, -0.25) is 4.68 Å². The lowest BCUT2D eigenvalue weighted by Crippen LogP contribution is -2.14. The van der Waals surface area contributed by atoms with Gasteiger partial charge in [0.25, 0.3) is 0 Å². The van der Waals surface area contributed by atoms with Crippen molar-refractivity contribution in [1.29, 1.82) is 0 Å². The molecular formula is C12H16BrN3S. The molecule has 2 aromatic heterocycles. The summed E-state index contributed by atoms with van der Waals surface area (Å²) in [5.41, 5.74) is 8.54. The van der Waals surface area contributed by atoms with Crippen LogP contribution in [0.15, 0.2) is 22.1 Å². The van der Waals surface area contributed by atoms with Crippen LogP contribution in [0.5, 0.6) is 0 Å². The third-order valence-electron chi connectivity index (χ3n) is 2.77. The second-order valence-electron chi connectivity index (χ2n) is 4.06. The van der Waals surface area contributed by atoms with E-state index in [4.69, 9.17) is 5.73 Å². The molecule has 5 heteroatoms. The highest BCUT2D eigenvalue weighted by atomic mass is 79.9. The largest absolute Gasteiger partial charge is 0.324 e. The Morgan fingerprint density at radius 1 is 1.59 bits per heavy atom. The number of hydrogen-bond acceptors (Lipinski definition) is 3. The van der Waals surface area contributed by atoms with E-state index in [9.17, 15) is 0 Å². The van der Waals surface area contributed by atoms with Crippen molar-refractivity contribution in [2.24, 2.45) is 12.8 Å². The molecule has 2 heterocycles. The predicted molar refractivity (Wildman–Crippen MR) is 75.2 cm³/mol. The minimum atomic E-state index is 0.0219. The molecule has 0 bridgehead atoms. The lowest BCUT2D eigenvalue weighted by molar-refractivity contribution is 0.718. The SMILES string of the molecule is CCc1nn(C)cc1C(N)Cc1sccc1Br. The van der Waals surface area contributed by atoms with Crippen LogP contribution in [0, 0.1) is 0 Å². The highest BCUT2D eigenvalue weighted by Gasteiger charge is 2.16. The maximum absolute atomic E-state index is 6.28. The van der Waals surface area contributed by atoms with Gasteiger partial charge in [0.05, 0.1) is 5.69 Å². The molecule has 0 aliphatic rings. The highest BCUT2D eigenvalue weighted by molar-refractivity contribution is 9.10. The van der Waals surface area contributed by atoms with Crippen LogP contribution < -0.4 is 5.73 Å². The smallest absolute Gasteiger partial charge is 0.0669 e. The van der Waals surface area contributed by atoms with Gasteiger partial charge >= 0.3 is 0 Å². The molecule has 2 rings (SSSR count). The lowest BCUT2D eigenvalue weighted by atomic mass is 10.0. The zero-order valence-electron chi connectivity index (χ0n) is 9.98. The number of aromatic nitrogens is 2. The molecular weight excluding hydrogens is 298 g/mol. The van der Waals surface area contributed by atoms with Crippen molar-refractivity contribution in [2.75, 3.05) is 0 Å². The predicted octanol–water partition coefficient (Wildman–Crippen LogP) is 3.05. The number of aryl methyl sites for hydroxylation is 2. The van der Waals surface area contributed by atoms with E-state index in [0.29, 0.717) is 0 Å². The Kier molecular flexibility index (Phi) is 4.01. The lowest BCUT2D eigenvalue weighted by Gasteiger charge is -2.10. The maximum atomic E-state index is 6.28. The summed E-state index contributed by atoms with van der Waals surface area (Å²) >= 11 is 5.28. The molecule has 0 aliphatic carbocycles. The summed E-state index contributed by atoms with van der Waals surface area (Å²) in [4.78, 5) is 1.29. The van der Waals surface area contributed by atoms with Gasteiger partial charge in [-0.15, -0.1) is 11.3 Å². The van der Waals surface area contributed by atoms with Crippen LogP contribution in [-0.4, -0.2) is 9.78 Å². The standard InChI is InChI=1S/C12H16BrN3S/c1-3-11-8(7-16(2)15-11)10(14)6-12-9(13)4-5-17-12/h4-5,7,10H,3,6,14H2,1-2H3. The van der Waals surface area contributed by atoms with Crippen LogP contribution in [0.2, 0.25) is 0 Å². The third-order valence-corrected chi connectivity index (χ3v) is 4.72. The quantitative estimate of drug-likeness (QED) is 0.942. The summed E-state index contributed by atoms with van der Waals surface area (Å²) < 4.78 is 3.00. The monoisotopic (exact) mass is 313 g/mol. The molecule has 17 heavy (non-hydrogen) atoms. The first-order chi connectivity index (χ1) is 8.11. The van der Waals surface area contributed by atoms with E-state index in [1.54, 1.807) is 11.3 Å². The van der Waals surface area contributed by atoms with Gasteiger partial charge in [-0.05, 0) is 33.8 Å². The Morgan fingerprint density at radius 2 is 2.35 bits per heavy atom. The normalized spacial score (nSPS) is 12.9. The third kappa shape index (κ3) is 2.78. The number of thiophene rings is 1. The fraction of sp³-hybridized carbons (Fsp3) is 0.417. The van der Waals surface area contributed by atoms with Crippen molar-refractivity contribution in [3.63, 3.8) is 0 Å². The van der Waals surface area contributed by atoms with Crippen LogP contribution in [0.3, 0.4) is 0 Å². The second-order valence-corrected chi connectivity index (χ2v) is 5.92. The van der Waals surface area contributed by atoms with Gasteiger partial charge in [-0.1, -0.05) is 6.92 Å². The number of hydrogen-bond donors (Lipinski definition) is 1. The van der Waals surface area contributed by atoms with Crippen LogP contribution in [0.25, 0.3) is 0 Å². The molecule has 2 N–H and O–H groups in total. The Balaban J connectivity index is 2.19. The first kappa shape index (κ1) is 12.8. The second kappa shape index (κ2) is 5.33.